The Morgan fingerprint density at radius 2 is 2.19 bits per heavy atom. The number of nitriles is 1. The maximum atomic E-state index is 10.5. The van der Waals surface area contributed by atoms with Crippen molar-refractivity contribution in [2.45, 2.75) is 37.2 Å². The van der Waals surface area contributed by atoms with Gasteiger partial charge in [0.15, 0.2) is 0 Å². The van der Waals surface area contributed by atoms with Crippen LogP contribution in [0.2, 0.25) is 0 Å². The van der Waals surface area contributed by atoms with E-state index in [9.17, 15) is 5.11 Å². The molecule has 1 N–H and O–H groups in total. The van der Waals surface area contributed by atoms with E-state index >= 15 is 0 Å². The van der Waals surface area contributed by atoms with Gasteiger partial charge in [0, 0.05) is 5.92 Å². The van der Waals surface area contributed by atoms with Gasteiger partial charge in [0.25, 0.3) is 0 Å². The second kappa shape index (κ2) is 3.33. The van der Waals surface area contributed by atoms with Crippen LogP contribution in [0, 0.1) is 17.2 Å². The van der Waals surface area contributed by atoms with Gasteiger partial charge in [0.05, 0.1) is 17.6 Å². The fraction of sp³-hybridized carbons (Fsp3) is 0.500. The van der Waals surface area contributed by atoms with Gasteiger partial charge in [0.1, 0.15) is 0 Å². The van der Waals surface area contributed by atoms with Crippen molar-refractivity contribution in [2.24, 2.45) is 5.92 Å². The van der Waals surface area contributed by atoms with Crippen molar-refractivity contribution >= 4 is 0 Å². The molecule has 0 unspecified atom stereocenters. The average Bonchev–Trinajstić information content (AvgIpc) is 2.37. The first-order valence-corrected chi connectivity index (χ1v) is 5.94. The van der Waals surface area contributed by atoms with Crippen LogP contribution in [-0.2, 0) is 6.42 Å². The molecule has 1 fully saturated rings. The molecule has 0 saturated heterocycles. The van der Waals surface area contributed by atoms with E-state index in [0.717, 1.165) is 19.3 Å². The third-order valence-corrected chi connectivity index (χ3v) is 4.17. The van der Waals surface area contributed by atoms with E-state index in [2.05, 4.69) is 18.2 Å². The summed E-state index contributed by atoms with van der Waals surface area (Å²) in [6, 6.07) is 10.6. The normalized spacial score (nSPS) is 36.2. The second-order valence-corrected chi connectivity index (χ2v) is 5.07. The highest BCUT2D eigenvalue weighted by Crippen LogP contribution is 2.55. The van der Waals surface area contributed by atoms with E-state index in [1.807, 2.05) is 12.1 Å². The van der Waals surface area contributed by atoms with Gasteiger partial charge in [-0.2, -0.15) is 5.26 Å². The van der Waals surface area contributed by atoms with Crippen molar-refractivity contribution in [3.05, 3.63) is 35.4 Å². The average molecular weight is 213 g/mol. The Bertz CT molecular complexity index is 462. The number of fused-ring (bicyclic) bond motifs is 3. The van der Waals surface area contributed by atoms with E-state index in [0.29, 0.717) is 6.42 Å². The Balaban J connectivity index is 2.09. The Morgan fingerprint density at radius 3 is 3.00 bits per heavy atom. The molecule has 0 radical (unpaired) electrons. The topological polar surface area (TPSA) is 44.0 Å². The minimum Gasteiger partial charge on any atom is -0.389 e. The highest BCUT2D eigenvalue weighted by atomic mass is 16.3. The molecule has 16 heavy (non-hydrogen) atoms. The summed E-state index contributed by atoms with van der Waals surface area (Å²) in [6.45, 7) is 0. The molecule has 3 rings (SSSR count). The van der Waals surface area contributed by atoms with Gasteiger partial charge < -0.3 is 5.11 Å². The molecule has 1 aromatic rings. The van der Waals surface area contributed by atoms with Gasteiger partial charge in [-0.05, 0) is 36.8 Å². The first-order valence-electron chi connectivity index (χ1n) is 5.94. The Hall–Kier alpha value is -1.33. The zero-order chi connectivity index (χ0) is 11.2. The zero-order valence-corrected chi connectivity index (χ0v) is 9.19. The lowest BCUT2D eigenvalue weighted by Crippen LogP contribution is -2.51. The van der Waals surface area contributed by atoms with Gasteiger partial charge in [-0.25, -0.2) is 0 Å². The fourth-order valence-corrected chi connectivity index (χ4v) is 3.37. The van der Waals surface area contributed by atoms with Crippen molar-refractivity contribution in [1.29, 1.82) is 5.26 Å². The summed E-state index contributed by atoms with van der Waals surface area (Å²) >= 11 is 0. The summed E-state index contributed by atoms with van der Waals surface area (Å²) in [6.07, 6.45) is 3.56. The lowest BCUT2D eigenvalue weighted by molar-refractivity contribution is -0.0876. The summed E-state index contributed by atoms with van der Waals surface area (Å²) in [4.78, 5) is 0. The van der Waals surface area contributed by atoms with Crippen molar-refractivity contribution in [3.8, 4) is 6.07 Å². The van der Waals surface area contributed by atoms with Crippen molar-refractivity contribution in [2.75, 3.05) is 0 Å². The van der Waals surface area contributed by atoms with Crippen LogP contribution in [0.3, 0.4) is 0 Å². The summed E-state index contributed by atoms with van der Waals surface area (Å²) in [5.41, 5.74) is 1.93. The van der Waals surface area contributed by atoms with Gasteiger partial charge in [-0.15, -0.1) is 0 Å². The van der Waals surface area contributed by atoms with Crippen LogP contribution >= 0.6 is 0 Å². The van der Waals surface area contributed by atoms with Crippen LogP contribution in [0.15, 0.2) is 24.3 Å². The van der Waals surface area contributed by atoms with Crippen molar-refractivity contribution < 1.29 is 5.11 Å². The number of nitrogens with zero attached hydrogens (tertiary/aromatic N) is 1. The molecule has 2 heteroatoms. The predicted molar refractivity (Wildman–Crippen MR) is 60.8 cm³/mol. The maximum absolute atomic E-state index is 10.5. The summed E-state index contributed by atoms with van der Waals surface area (Å²) < 4.78 is 0. The maximum Gasteiger partial charge on any atom is 0.0741 e. The van der Waals surface area contributed by atoms with Gasteiger partial charge in [-0.1, -0.05) is 24.3 Å². The molecule has 2 nitrogen and oxygen atoms in total. The highest BCUT2D eigenvalue weighted by Gasteiger charge is 2.54. The SMILES string of the molecule is N#C[C@@H]1C[C@]2(O)CCCc3ccccc3[C@H]12. The molecule has 1 saturated carbocycles. The van der Waals surface area contributed by atoms with Crippen molar-refractivity contribution in [3.63, 3.8) is 0 Å². The molecule has 0 amide bonds. The number of benzene rings is 1. The van der Waals surface area contributed by atoms with E-state index in [-0.39, 0.29) is 11.8 Å². The van der Waals surface area contributed by atoms with E-state index in [1.54, 1.807) is 0 Å². The molecule has 0 aliphatic heterocycles. The minimum absolute atomic E-state index is 0.00394. The lowest BCUT2D eigenvalue weighted by atomic mass is 9.58. The van der Waals surface area contributed by atoms with Gasteiger partial charge in [-0.3, -0.25) is 0 Å². The molecule has 2 aliphatic rings. The summed E-state index contributed by atoms with van der Waals surface area (Å²) in [5.74, 6) is 0.0560. The second-order valence-electron chi connectivity index (χ2n) is 5.07. The van der Waals surface area contributed by atoms with Crippen LogP contribution in [-0.4, -0.2) is 10.7 Å². The monoisotopic (exact) mass is 213 g/mol. The third kappa shape index (κ3) is 1.22. The minimum atomic E-state index is -0.604. The van der Waals surface area contributed by atoms with Crippen LogP contribution < -0.4 is 0 Å². The largest absolute Gasteiger partial charge is 0.389 e. The molecule has 2 aliphatic carbocycles. The van der Waals surface area contributed by atoms with Crippen molar-refractivity contribution in [1.82, 2.24) is 0 Å². The van der Waals surface area contributed by atoms with Gasteiger partial charge in [0.2, 0.25) is 0 Å². The molecule has 0 spiro atoms. The van der Waals surface area contributed by atoms with E-state index in [4.69, 9.17) is 5.26 Å². The molecule has 3 atom stereocenters. The van der Waals surface area contributed by atoms with E-state index < -0.39 is 5.60 Å². The number of rotatable bonds is 0. The quantitative estimate of drug-likeness (QED) is 0.719. The molecule has 0 heterocycles. The number of aliphatic hydroxyl groups is 1. The molecular weight excluding hydrogens is 198 g/mol. The summed E-state index contributed by atoms with van der Waals surface area (Å²) in [7, 11) is 0. The van der Waals surface area contributed by atoms with Crippen LogP contribution in [0.25, 0.3) is 0 Å². The van der Waals surface area contributed by atoms with E-state index in [1.165, 1.54) is 11.1 Å². The number of hydrogen-bond acceptors (Lipinski definition) is 2. The standard InChI is InChI=1S/C14H15NO/c15-9-11-8-14(16)7-3-5-10-4-1-2-6-12(10)13(11)14/h1-2,4,6,11,13,16H,3,5,7-8H2/t11-,13-,14+/m0/s1. The van der Waals surface area contributed by atoms with Gasteiger partial charge >= 0.3 is 0 Å². The third-order valence-electron chi connectivity index (χ3n) is 4.17. The van der Waals surface area contributed by atoms with Crippen LogP contribution in [0.5, 0.6) is 0 Å². The number of aryl methyl sites for hydroxylation is 1. The summed E-state index contributed by atoms with van der Waals surface area (Å²) in [5, 5.41) is 19.6. The Kier molecular flexibility index (Phi) is 2.05. The molecule has 0 aromatic heterocycles. The molecule has 0 bridgehead atoms. The smallest absolute Gasteiger partial charge is 0.0741 e. The first-order chi connectivity index (χ1) is 7.74. The lowest BCUT2D eigenvalue weighted by Gasteiger charge is -2.49. The predicted octanol–water partition coefficient (Wildman–Crippen LogP) is 2.38. The highest BCUT2D eigenvalue weighted by molar-refractivity contribution is 5.39. The van der Waals surface area contributed by atoms with Crippen LogP contribution in [0.4, 0.5) is 0 Å². The Labute approximate surface area is 95.5 Å². The Morgan fingerprint density at radius 1 is 1.38 bits per heavy atom. The molecule has 82 valence electrons. The first kappa shape index (κ1) is 9.86. The number of hydrogen-bond donors (Lipinski definition) is 1. The zero-order valence-electron chi connectivity index (χ0n) is 9.19. The molecular formula is C14H15NO. The van der Waals surface area contributed by atoms with Crippen LogP contribution in [0.1, 0.15) is 36.3 Å². The fourth-order valence-electron chi connectivity index (χ4n) is 3.37. The molecule has 1 aromatic carbocycles.